The van der Waals surface area contributed by atoms with Gasteiger partial charge in [0.05, 0.1) is 6.61 Å². The number of hydrogen-bond acceptors (Lipinski definition) is 7. The van der Waals surface area contributed by atoms with Crippen molar-refractivity contribution >= 4 is 17.9 Å². The Hall–Kier alpha value is -3.79. The first-order valence-electron chi connectivity index (χ1n) is 12.1. The minimum absolute atomic E-state index is 0.0266. The van der Waals surface area contributed by atoms with Gasteiger partial charge < -0.3 is 35.6 Å². The number of alkyl carbamates (subject to hydrolysis) is 1. The molecule has 0 saturated carbocycles. The molecule has 10 heteroatoms. The summed E-state index contributed by atoms with van der Waals surface area (Å²) in [7, 11) is 0. The first-order chi connectivity index (χ1) is 17.3. The molecular weight excluding hydrogens is 478 g/mol. The second kappa shape index (κ2) is 13.0. The molecule has 2 atom stereocenters. The maximum Gasteiger partial charge on any atom is 0.408 e. The van der Waals surface area contributed by atoms with Gasteiger partial charge in [0.2, 0.25) is 11.8 Å². The highest BCUT2D eigenvalue weighted by atomic mass is 16.6. The van der Waals surface area contributed by atoms with E-state index in [0.29, 0.717) is 11.1 Å². The van der Waals surface area contributed by atoms with Gasteiger partial charge in [-0.1, -0.05) is 24.3 Å². The molecule has 0 aliphatic heterocycles. The molecule has 0 heterocycles. The SMILES string of the molecule is CC(C)NC(=O)C(c1cccc(O)c1)N(CCO)C(=O)C(Cc1ccc(O)cc1)NC(=O)OC(C)(C)C. The van der Waals surface area contributed by atoms with Crippen LogP contribution in [0.15, 0.2) is 48.5 Å². The van der Waals surface area contributed by atoms with Crippen LogP contribution in [-0.4, -0.2) is 69.0 Å². The van der Waals surface area contributed by atoms with Crippen molar-refractivity contribution in [1.82, 2.24) is 15.5 Å². The van der Waals surface area contributed by atoms with Crippen LogP contribution in [0.2, 0.25) is 0 Å². The summed E-state index contributed by atoms with van der Waals surface area (Å²) in [5.74, 6) is -1.20. The molecule has 0 aromatic heterocycles. The second-order valence-corrected chi connectivity index (χ2v) is 9.99. The summed E-state index contributed by atoms with van der Waals surface area (Å²) in [6.45, 7) is 7.95. The minimum Gasteiger partial charge on any atom is -0.508 e. The number of nitrogens with zero attached hydrogens (tertiary/aromatic N) is 1. The van der Waals surface area contributed by atoms with Crippen LogP contribution in [0.4, 0.5) is 4.79 Å². The topological polar surface area (TPSA) is 148 Å². The summed E-state index contributed by atoms with van der Waals surface area (Å²) in [5, 5.41) is 34.9. The molecule has 0 saturated heterocycles. The van der Waals surface area contributed by atoms with Gasteiger partial charge in [-0.05, 0) is 70.0 Å². The van der Waals surface area contributed by atoms with E-state index in [4.69, 9.17) is 4.74 Å². The molecule has 5 N–H and O–H groups in total. The van der Waals surface area contributed by atoms with Crippen LogP contribution in [0.1, 0.15) is 51.8 Å². The van der Waals surface area contributed by atoms with Crippen molar-refractivity contribution in [3.05, 3.63) is 59.7 Å². The molecule has 2 unspecified atom stereocenters. The Kier molecular flexibility index (Phi) is 10.3. The fourth-order valence-corrected chi connectivity index (χ4v) is 3.72. The first kappa shape index (κ1) is 29.4. The van der Waals surface area contributed by atoms with Gasteiger partial charge in [-0.15, -0.1) is 0 Å². The number of nitrogens with one attached hydrogen (secondary N) is 2. The van der Waals surface area contributed by atoms with Gasteiger partial charge in [0.15, 0.2) is 0 Å². The number of rotatable bonds is 10. The Morgan fingerprint density at radius 3 is 2.16 bits per heavy atom. The number of hydrogen-bond donors (Lipinski definition) is 5. The maximum atomic E-state index is 13.9. The molecule has 2 aromatic carbocycles. The Balaban J connectivity index is 2.51. The van der Waals surface area contributed by atoms with Crippen molar-refractivity contribution in [3.63, 3.8) is 0 Å². The van der Waals surface area contributed by atoms with Gasteiger partial charge in [-0.2, -0.15) is 0 Å². The molecule has 0 aliphatic rings. The molecule has 0 radical (unpaired) electrons. The molecule has 37 heavy (non-hydrogen) atoms. The highest BCUT2D eigenvalue weighted by Gasteiger charge is 2.36. The predicted molar refractivity (Wildman–Crippen MR) is 138 cm³/mol. The standard InChI is InChI=1S/C27H37N3O7/c1-17(2)28-24(34)23(19-7-6-8-21(33)16-19)30(13-14-31)25(35)22(29-26(36)37-27(3,4)5)15-18-9-11-20(32)12-10-18/h6-12,16-17,22-23,31-33H,13-15H2,1-5H3,(H,28,34)(H,29,36). The molecule has 3 amide bonds. The van der Waals surface area contributed by atoms with Crippen molar-refractivity contribution in [1.29, 1.82) is 0 Å². The van der Waals surface area contributed by atoms with Crippen LogP contribution in [0, 0.1) is 0 Å². The maximum absolute atomic E-state index is 13.9. The molecular formula is C27H37N3O7. The number of benzene rings is 2. The average Bonchev–Trinajstić information content (AvgIpc) is 2.77. The first-order valence-corrected chi connectivity index (χ1v) is 12.1. The third-order valence-electron chi connectivity index (χ3n) is 5.17. The predicted octanol–water partition coefficient (Wildman–Crippen LogP) is 2.62. The number of carbonyl (C=O) groups excluding carboxylic acids is 3. The minimum atomic E-state index is -1.20. The largest absolute Gasteiger partial charge is 0.508 e. The van der Waals surface area contributed by atoms with Gasteiger partial charge in [-0.25, -0.2) is 4.79 Å². The van der Waals surface area contributed by atoms with E-state index in [9.17, 15) is 29.7 Å². The molecule has 0 spiro atoms. The van der Waals surface area contributed by atoms with E-state index in [1.165, 1.54) is 29.2 Å². The number of aromatic hydroxyl groups is 2. The van der Waals surface area contributed by atoms with Crippen LogP contribution in [0.3, 0.4) is 0 Å². The smallest absolute Gasteiger partial charge is 0.408 e. The summed E-state index contributed by atoms with van der Waals surface area (Å²) in [6.07, 6.45) is -0.798. The molecule has 202 valence electrons. The number of ether oxygens (including phenoxy) is 1. The van der Waals surface area contributed by atoms with Crippen LogP contribution >= 0.6 is 0 Å². The molecule has 0 bridgehead atoms. The van der Waals surface area contributed by atoms with E-state index >= 15 is 0 Å². The monoisotopic (exact) mass is 515 g/mol. The van der Waals surface area contributed by atoms with E-state index in [-0.39, 0.29) is 30.5 Å². The van der Waals surface area contributed by atoms with E-state index in [1.807, 2.05) is 0 Å². The highest BCUT2D eigenvalue weighted by Crippen LogP contribution is 2.26. The second-order valence-electron chi connectivity index (χ2n) is 9.99. The Morgan fingerprint density at radius 1 is 0.973 bits per heavy atom. The zero-order valence-corrected chi connectivity index (χ0v) is 21.9. The number of carbonyl (C=O) groups is 3. The zero-order chi connectivity index (χ0) is 27.8. The molecule has 10 nitrogen and oxygen atoms in total. The van der Waals surface area contributed by atoms with Gasteiger partial charge in [0.1, 0.15) is 29.2 Å². The summed E-state index contributed by atoms with van der Waals surface area (Å²) in [5.41, 5.74) is 0.153. The fraction of sp³-hybridized carbons (Fsp3) is 0.444. The van der Waals surface area contributed by atoms with Crippen molar-refractivity contribution in [2.75, 3.05) is 13.2 Å². The molecule has 2 aromatic rings. The number of aliphatic hydroxyl groups is 1. The van der Waals surface area contributed by atoms with E-state index in [1.54, 1.807) is 58.9 Å². The highest BCUT2D eigenvalue weighted by molar-refractivity contribution is 5.92. The van der Waals surface area contributed by atoms with Crippen molar-refractivity contribution in [2.45, 2.75) is 64.8 Å². The van der Waals surface area contributed by atoms with Crippen LogP contribution in [0.25, 0.3) is 0 Å². The number of phenols is 2. The third kappa shape index (κ3) is 9.30. The zero-order valence-electron chi connectivity index (χ0n) is 21.9. The fourth-order valence-electron chi connectivity index (χ4n) is 3.72. The van der Waals surface area contributed by atoms with Gasteiger partial charge in [-0.3, -0.25) is 9.59 Å². The number of phenolic OH excluding ortho intramolecular Hbond substituents is 2. The molecule has 2 rings (SSSR count). The number of amides is 3. The lowest BCUT2D eigenvalue weighted by molar-refractivity contribution is -0.143. The van der Waals surface area contributed by atoms with Gasteiger partial charge in [0, 0.05) is 19.0 Å². The van der Waals surface area contributed by atoms with E-state index in [0.717, 1.165) is 0 Å². The summed E-state index contributed by atoms with van der Waals surface area (Å²) in [6, 6.07) is 9.49. The van der Waals surface area contributed by atoms with Crippen molar-refractivity contribution in [3.8, 4) is 11.5 Å². The van der Waals surface area contributed by atoms with Crippen molar-refractivity contribution in [2.24, 2.45) is 0 Å². The quantitative estimate of drug-likeness (QED) is 0.327. The van der Waals surface area contributed by atoms with E-state index < -0.39 is 42.2 Å². The van der Waals surface area contributed by atoms with Crippen molar-refractivity contribution < 1.29 is 34.4 Å². The Labute approximate surface area is 217 Å². The number of aliphatic hydroxyl groups excluding tert-OH is 1. The average molecular weight is 516 g/mol. The lowest BCUT2D eigenvalue weighted by Gasteiger charge is -2.34. The Morgan fingerprint density at radius 2 is 1.62 bits per heavy atom. The molecule has 0 aliphatic carbocycles. The van der Waals surface area contributed by atoms with Crippen LogP contribution < -0.4 is 10.6 Å². The summed E-state index contributed by atoms with van der Waals surface area (Å²) >= 11 is 0. The summed E-state index contributed by atoms with van der Waals surface area (Å²) < 4.78 is 5.35. The Bertz CT molecular complexity index is 1060. The van der Waals surface area contributed by atoms with E-state index in [2.05, 4.69) is 10.6 Å². The van der Waals surface area contributed by atoms with Gasteiger partial charge >= 0.3 is 6.09 Å². The summed E-state index contributed by atoms with van der Waals surface area (Å²) in [4.78, 5) is 41.1. The normalized spacial score (nSPS) is 12.9. The third-order valence-corrected chi connectivity index (χ3v) is 5.17. The van der Waals surface area contributed by atoms with Gasteiger partial charge in [0.25, 0.3) is 0 Å². The lowest BCUT2D eigenvalue weighted by Crippen LogP contribution is -2.54. The molecule has 0 fully saturated rings. The van der Waals surface area contributed by atoms with Crippen LogP contribution in [0.5, 0.6) is 11.5 Å². The van der Waals surface area contributed by atoms with Crippen LogP contribution in [-0.2, 0) is 20.7 Å². The lowest BCUT2D eigenvalue weighted by atomic mass is 10.00.